The number of para-hydroxylation sites is 1. The molecule has 0 radical (unpaired) electrons. The first kappa shape index (κ1) is 15.3. The highest BCUT2D eigenvalue weighted by molar-refractivity contribution is 5.79. The fourth-order valence-corrected chi connectivity index (χ4v) is 3.37. The van der Waals surface area contributed by atoms with Crippen molar-refractivity contribution < 1.29 is 14.3 Å². The van der Waals surface area contributed by atoms with Crippen LogP contribution in [0.3, 0.4) is 0 Å². The molecule has 1 aromatic carbocycles. The molecule has 22 heavy (non-hydrogen) atoms. The van der Waals surface area contributed by atoms with E-state index in [0.29, 0.717) is 19.8 Å². The Balaban J connectivity index is 1.56. The standard InChI is InChI=1S/C17H24N2O3/c1-21-12-17(7-4-8-19-17)11-18-16(20)14-9-13-5-2-3-6-15(13)22-10-14/h2-3,5-6,14,19H,4,7-12H2,1H3,(H,18,20). The third-order valence-corrected chi connectivity index (χ3v) is 4.60. The Morgan fingerprint density at radius 1 is 1.50 bits per heavy atom. The van der Waals surface area contributed by atoms with Crippen LogP contribution in [0.2, 0.25) is 0 Å². The maximum atomic E-state index is 12.5. The van der Waals surface area contributed by atoms with E-state index in [2.05, 4.69) is 10.6 Å². The normalized spacial score (nSPS) is 27.0. The van der Waals surface area contributed by atoms with Crippen molar-refractivity contribution in [3.05, 3.63) is 29.8 Å². The van der Waals surface area contributed by atoms with Crippen LogP contribution in [0.15, 0.2) is 24.3 Å². The minimum absolute atomic E-state index is 0.0682. The summed E-state index contributed by atoms with van der Waals surface area (Å²) < 4.78 is 11.0. The number of ether oxygens (including phenoxy) is 2. The number of rotatable bonds is 5. The minimum Gasteiger partial charge on any atom is -0.492 e. The second kappa shape index (κ2) is 6.67. The van der Waals surface area contributed by atoms with Crippen molar-refractivity contribution in [3.8, 4) is 5.75 Å². The number of amides is 1. The molecule has 0 aromatic heterocycles. The summed E-state index contributed by atoms with van der Waals surface area (Å²) in [5.41, 5.74) is 0.997. The monoisotopic (exact) mass is 304 g/mol. The quantitative estimate of drug-likeness (QED) is 0.856. The molecule has 0 spiro atoms. The largest absolute Gasteiger partial charge is 0.492 e. The summed E-state index contributed by atoms with van der Waals surface area (Å²) >= 11 is 0. The van der Waals surface area contributed by atoms with Gasteiger partial charge in [-0.15, -0.1) is 0 Å². The van der Waals surface area contributed by atoms with Crippen LogP contribution in [0.4, 0.5) is 0 Å². The van der Waals surface area contributed by atoms with Crippen LogP contribution in [0, 0.1) is 5.92 Å². The van der Waals surface area contributed by atoms with E-state index in [-0.39, 0.29) is 17.4 Å². The second-order valence-electron chi connectivity index (χ2n) is 6.28. The van der Waals surface area contributed by atoms with Gasteiger partial charge in [-0.05, 0) is 37.4 Å². The minimum atomic E-state index is -0.115. The highest BCUT2D eigenvalue weighted by Gasteiger charge is 2.35. The molecule has 1 aromatic rings. The Labute approximate surface area is 131 Å². The van der Waals surface area contributed by atoms with Crippen LogP contribution in [-0.2, 0) is 16.0 Å². The van der Waals surface area contributed by atoms with Gasteiger partial charge in [-0.2, -0.15) is 0 Å². The van der Waals surface area contributed by atoms with Crippen molar-refractivity contribution in [1.82, 2.24) is 10.6 Å². The lowest BCUT2D eigenvalue weighted by molar-refractivity contribution is -0.126. The summed E-state index contributed by atoms with van der Waals surface area (Å²) in [6.45, 7) is 2.67. The first-order valence-electron chi connectivity index (χ1n) is 7.95. The molecule has 120 valence electrons. The SMILES string of the molecule is COCC1(CNC(=O)C2COc3ccccc3C2)CCCN1. The molecule has 5 nitrogen and oxygen atoms in total. The number of benzene rings is 1. The van der Waals surface area contributed by atoms with Crippen molar-refractivity contribution in [3.63, 3.8) is 0 Å². The summed E-state index contributed by atoms with van der Waals surface area (Å²) in [6.07, 6.45) is 2.90. The molecule has 1 saturated heterocycles. The summed E-state index contributed by atoms with van der Waals surface area (Å²) in [5, 5.41) is 6.56. The molecule has 3 rings (SSSR count). The zero-order valence-corrected chi connectivity index (χ0v) is 13.1. The van der Waals surface area contributed by atoms with Gasteiger partial charge in [0.05, 0.1) is 18.1 Å². The maximum absolute atomic E-state index is 12.5. The average molecular weight is 304 g/mol. The third kappa shape index (κ3) is 3.25. The molecule has 2 aliphatic rings. The lowest BCUT2D eigenvalue weighted by Gasteiger charge is -2.30. The van der Waals surface area contributed by atoms with Gasteiger partial charge in [0.1, 0.15) is 12.4 Å². The molecule has 2 heterocycles. The van der Waals surface area contributed by atoms with E-state index >= 15 is 0 Å². The van der Waals surface area contributed by atoms with E-state index in [1.54, 1.807) is 7.11 Å². The fourth-order valence-electron chi connectivity index (χ4n) is 3.37. The van der Waals surface area contributed by atoms with Gasteiger partial charge < -0.3 is 20.1 Å². The molecule has 2 atom stereocenters. The number of carbonyl (C=O) groups is 1. The molecule has 1 amide bonds. The smallest absolute Gasteiger partial charge is 0.226 e. The number of nitrogens with one attached hydrogen (secondary N) is 2. The van der Waals surface area contributed by atoms with Crippen molar-refractivity contribution in [2.45, 2.75) is 24.8 Å². The van der Waals surface area contributed by atoms with Crippen LogP contribution in [0.1, 0.15) is 18.4 Å². The highest BCUT2D eigenvalue weighted by atomic mass is 16.5. The van der Waals surface area contributed by atoms with Crippen molar-refractivity contribution in [2.75, 3.05) is 33.4 Å². The fraction of sp³-hybridized carbons (Fsp3) is 0.588. The maximum Gasteiger partial charge on any atom is 0.226 e. The zero-order chi connectivity index (χ0) is 15.4. The molecule has 2 unspecified atom stereocenters. The lowest BCUT2D eigenvalue weighted by atomic mass is 9.94. The van der Waals surface area contributed by atoms with E-state index in [0.717, 1.165) is 37.1 Å². The van der Waals surface area contributed by atoms with Gasteiger partial charge in [-0.1, -0.05) is 18.2 Å². The van der Waals surface area contributed by atoms with Crippen LogP contribution < -0.4 is 15.4 Å². The molecule has 0 saturated carbocycles. The van der Waals surface area contributed by atoms with E-state index in [1.165, 1.54) is 0 Å². The molecular formula is C17H24N2O3. The molecule has 0 bridgehead atoms. The van der Waals surface area contributed by atoms with Gasteiger partial charge in [0.15, 0.2) is 0 Å². The number of hydrogen-bond acceptors (Lipinski definition) is 4. The molecule has 2 N–H and O–H groups in total. The number of carbonyl (C=O) groups excluding carboxylic acids is 1. The predicted octanol–water partition coefficient (Wildman–Crippen LogP) is 1.12. The molecular weight excluding hydrogens is 280 g/mol. The van der Waals surface area contributed by atoms with Crippen molar-refractivity contribution in [2.24, 2.45) is 5.92 Å². The van der Waals surface area contributed by atoms with Crippen molar-refractivity contribution >= 4 is 5.91 Å². The predicted molar refractivity (Wildman–Crippen MR) is 84.0 cm³/mol. The van der Waals surface area contributed by atoms with Gasteiger partial charge >= 0.3 is 0 Å². The first-order chi connectivity index (χ1) is 10.7. The molecule has 0 aliphatic carbocycles. The molecule has 5 heteroatoms. The van der Waals surface area contributed by atoms with Crippen LogP contribution in [0.5, 0.6) is 5.75 Å². The summed E-state index contributed by atoms with van der Waals surface area (Å²) in [6, 6.07) is 7.93. The Hall–Kier alpha value is -1.59. The summed E-state index contributed by atoms with van der Waals surface area (Å²) in [5.74, 6) is 0.856. The van der Waals surface area contributed by atoms with Crippen LogP contribution >= 0.6 is 0 Å². The second-order valence-corrected chi connectivity index (χ2v) is 6.28. The van der Waals surface area contributed by atoms with Gasteiger partial charge in [0, 0.05) is 13.7 Å². The van der Waals surface area contributed by atoms with Gasteiger partial charge in [0.25, 0.3) is 0 Å². The third-order valence-electron chi connectivity index (χ3n) is 4.60. The lowest BCUT2D eigenvalue weighted by Crippen LogP contribution is -2.54. The topological polar surface area (TPSA) is 59.6 Å². The number of methoxy groups -OCH3 is 1. The Morgan fingerprint density at radius 2 is 2.36 bits per heavy atom. The van der Waals surface area contributed by atoms with Crippen molar-refractivity contribution in [1.29, 1.82) is 0 Å². The molecule has 2 aliphatic heterocycles. The summed E-state index contributed by atoms with van der Waals surface area (Å²) in [4.78, 5) is 12.5. The van der Waals surface area contributed by atoms with Gasteiger partial charge in [0.2, 0.25) is 5.91 Å². The van der Waals surface area contributed by atoms with Gasteiger partial charge in [-0.3, -0.25) is 4.79 Å². The number of fused-ring (bicyclic) bond motifs is 1. The van der Waals surface area contributed by atoms with Crippen LogP contribution in [0.25, 0.3) is 0 Å². The van der Waals surface area contributed by atoms with E-state index in [1.807, 2.05) is 24.3 Å². The average Bonchev–Trinajstić information content (AvgIpc) is 3.01. The van der Waals surface area contributed by atoms with E-state index in [9.17, 15) is 4.79 Å². The molecule has 1 fully saturated rings. The van der Waals surface area contributed by atoms with Gasteiger partial charge in [-0.25, -0.2) is 0 Å². The van der Waals surface area contributed by atoms with Crippen LogP contribution in [-0.4, -0.2) is 44.9 Å². The summed E-state index contributed by atoms with van der Waals surface area (Å²) in [7, 11) is 1.70. The zero-order valence-electron chi connectivity index (χ0n) is 13.1. The Kier molecular flexibility index (Phi) is 4.64. The highest BCUT2D eigenvalue weighted by Crippen LogP contribution is 2.27. The number of hydrogen-bond donors (Lipinski definition) is 2. The first-order valence-corrected chi connectivity index (χ1v) is 7.95. The Morgan fingerprint density at radius 3 is 3.14 bits per heavy atom. The van der Waals surface area contributed by atoms with E-state index < -0.39 is 0 Å². The Bertz CT molecular complexity index is 526. The van der Waals surface area contributed by atoms with E-state index in [4.69, 9.17) is 9.47 Å².